The molecule has 0 heterocycles. The Morgan fingerprint density at radius 1 is 1.56 bits per heavy atom. The van der Waals surface area contributed by atoms with Crippen LogP contribution in [0.3, 0.4) is 0 Å². The molecule has 0 radical (unpaired) electrons. The molecule has 0 bridgehead atoms. The molecule has 0 aliphatic rings. The summed E-state index contributed by atoms with van der Waals surface area (Å²) in [7, 11) is 3.55. The third kappa shape index (κ3) is 2.77. The molecule has 0 spiro atoms. The highest BCUT2D eigenvalue weighted by Gasteiger charge is 2.08. The first-order valence-corrected chi connectivity index (χ1v) is 5.02. The first kappa shape index (κ1) is 12.1. The molecule has 84 valence electrons. The quantitative estimate of drug-likeness (QED) is 0.726. The van der Waals surface area contributed by atoms with Gasteiger partial charge in [-0.25, -0.2) is 0 Å². The van der Waals surface area contributed by atoms with Crippen molar-refractivity contribution >= 4 is 5.69 Å². The summed E-state index contributed by atoms with van der Waals surface area (Å²) in [4.78, 5) is 1.99. The summed E-state index contributed by atoms with van der Waals surface area (Å²) in [5.74, 6) is 0.752. The number of methoxy groups -OCH3 is 1. The van der Waals surface area contributed by atoms with Gasteiger partial charge >= 0.3 is 0 Å². The van der Waals surface area contributed by atoms with Crippen molar-refractivity contribution in [3.63, 3.8) is 0 Å². The van der Waals surface area contributed by atoms with Crippen LogP contribution in [0.25, 0.3) is 0 Å². The lowest BCUT2D eigenvalue weighted by molar-refractivity contribution is 0.415. The summed E-state index contributed by atoms with van der Waals surface area (Å²) >= 11 is 0. The van der Waals surface area contributed by atoms with Crippen LogP contribution >= 0.6 is 0 Å². The van der Waals surface area contributed by atoms with Gasteiger partial charge in [0.15, 0.2) is 0 Å². The van der Waals surface area contributed by atoms with E-state index in [1.807, 2.05) is 24.9 Å². The molecule has 16 heavy (non-hydrogen) atoms. The molecule has 1 aromatic rings. The number of nitriles is 1. The Morgan fingerprint density at radius 3 is 2.75 bits per heavy atom. The van der Waals surface area contributed by atoms with Crippen LogP contribution in [0.5, 0.6) is 5.75 Å². The van der Waals surface area contributed by atoms with Gasteiger partial charge in [0.05, 0.1) is 18.4 Å². The molecule has 0 aromatic heterocycles. The van der Waals surface area contributed by atoms with Crippen LogP contribution < -0.4 is 9.64 Å². The summed E-state index contributed by atoms with van der Waals surface area (Å²) in [6, 6.07) is 7.59. The van der Waals surface area contributed by atoms with E-state index < -0.39 is 0 Å². The Kier molecular flexibility index (Phi) is 3.96. The van der Waals surface area contributed by atoms with Crippen molar-refractivity contribution in [2.24, 2.45) is 0 Å². The third-order valence-electron chi connectivity index (χ3n) is 2.24. The highest BCUT2D eigenvalue weighted by Crippen LogP contribution is 2.25. The van der Waals surface area contributed by atoms with E-state index in [1.54, 1.807) is 19.2 Å². The van der Waals surface area contributed by atoms with Crippen molar-refractivity contribution in [3.05, 3.63) is 35.9 Å². The maximum Gasteiger partial charge on any atom is 0.121 e. The van der Waals surface area contributed by atoms with Crippen LogP contribution in [-0.4, -0.2) is 20.7 Å². The van der Waals surface area contributed by atoms with Gasteiger partial charge in [-0.05, 0) is 19.1 Å². The molecular weight excluding hydrogens is 200 g/mol. The summed E-state index contributed by atoms with van der Waals surface area (Å²) in [6.07, 6.45) is 0. The number of nitrogens with zero attached hydrogens (tertiary/aromatic N) is 2. The number of hydrogen-bond donors (Lipinski definition) is 0. The van der Waals surface area contributed by atoms with Crippen LogP contribution in [0.2, 0.25) is 0 Å². The Morgan fingerprint density at radius 2 is 2.25 bits per heavy atom. The van der Waals surface area contributed by atoms with E-state index in [2.05, 4.69) is 12.6 Å². The Hall–Kier alpha value is -1.95. The monoisotopic (exact) mass is 216 g/mol. The van der Waals surface area contributed by atoms with Gasteiger partial charge in [-0.3, -0.25) is 0 Å². The number of rotatable bonds is 4. The molecule has 0 amide bonds. The van der Waals surface area contributed by atoms with Gasteiger partial charge in [0, 0.05) is 19.7 Å². The smallest absolute Gasteiger partial charge is 0.121 e. The van der Waals surface area contributed by atoms with Crippen LogP contribution in [0.1, 0.15) is 12.5 Å². The molecule has 1 rings (SSSR count). The fraction of sp³-hybridized carbons (Fsp3) is 0.308. The zero-order valence-electron chi connectivity index (χ0n) is 9.95. The van der Waals surface area contributed by atoms with Crippen molar-refractivity contribution in [2.45, 2.75) is 6.92 Å². The molecule has 0 N–H and O–H groups in total. The fourth-order valence-corrected chi connectivity index (χ4v) is 1.54. The zero-order chi connectivity index (χ0) is 12.1. The van der Waals surface area contributed by atoms with E-state index >= 15 is 0 Å². The second-order valence-corrected chi connectivity index (χ2v) is 3.81. The van der Waals surface area contributed by atoms with Gasteiger partial charge in [0.1, 0.15) is 11.8 Å². The van der Waals surface area contributed by atoms with Crippen molar-refractivity contribution in [2.75, 3.05) is 25.6 Å². The standard InChI is InChI=1S/C13H16N2O/c1-10(2)9-15(3)13-7-12(16-4)6-5-11(13)8-14/h5-7H,1,9H2,2-4H3. The maximum absolute atomic E-state index is 9.03. The predicted molar refractivity (Wildman–Crippen MR) is 65.8 cm³/mol. The van der Waals surface area contributed by atoms with Crippen LogP contribution in [-0.2, 0) is 0 Å². The molecule has 1 aromatic carbocycles. The SMILES string of the molecule is C=C(C)CN(C)c1cc(OC)ccc1C#N. The van der Waals surface area contributed by atoms with E-state index in [-0.39, 0.29) is 0 Å². The molecule has 0 aliphatic carbocycles. The van der Waals surface area contributed by atoms with Gasteiger partial charge in [0.25, 0.3) is 0 Å². The van der Waals surface area contributed by atoms with E-state index in [9.17, 15) is 0 Å². The lowest BCUT2D eigenvalue weighted by atomic mass is 10.1. The van der Waals surface area contributed by atoms with Crippen LogP contribution in [0.4, 0.5) is 5.69 Å². The molecule has 0 atom stereocenters. The average Bonchev–Trinajstić information content (AvgIpc) is 2.27. The molecular formula is C13H16N2O. The Bertz CT molecular complexity index is 432. The van der Waals surface area contributed by atoms with Gasteiger partial charge in [0.2, 0.25) is 0 Å². The van der Waals surface area contributed by atoms with Crippen molar-refractivity contribution in [3.8, 4) is 11.8 Å². The zero-order valence-corrected chi connectivity index (χ0v) is 9.95. The number of likely N-dealkylation sites (N-methyl/N-ethyl adjacent to an activating group) is 1. The first-order chi connectivity index (χ1) is 7.58. The van der Waals surface area contributed by atoms with Crippen molar-refractivity contribution < 1.29 is 4.74 Å². The van der Waals surface area contributed by atoms with Gasteiger partial charge in [-0.2, -0.15) is 5.26 Å². The number of ether oxygens (including phenoxy) is 1. The number of hydrogen-bond acceptors (Lipinski definition) is 3. The van der Waals surface area contributed by atoms with E-state index in [4.69, 9.17) is 10.00 Å². The molecule has 3 nitrogen and oxygen atoms in total. The summed E-state index contributed by atoms with van der Waals surface area (Å²) in [5.41, 5.74) is 2.56. The van der Waals surface area contributed by atoms with E-state index in [1.165, 1.54) is 0 Å². The number of benzene rings is 1. The molecule has 0 unspecified atom stereocenters. The van der Waals surface area contributed by atoms with E-state index in [0.29, 0.717) is 5.56 Å². The molecule has 0 aliphatic heterocycles. The highest BCUT2D eigenvalue weighted by atomic mass is 16.5. The topological polar surface area (TPSA) is 36.3 Å². The van der Waals surface area contributed by atoms with E-state index in [0.717, 1.165) is 23.6 Å². The minimum atomic E-state index is 0.643. The molecule has 3 heteroatoms. The lowest BCUT2D eigenvalue weighted by Gasteiger charge is -2.21. The van der Waals surface area contributed by atoms with Crippen molar-refractivity contribution in [1.82, 2.24) is 0 Å². The predicted octanol–water partition coefficient (Wildman–Crippen LogP) is 2.58. The second kappa shape index (κ2) is 5.22. The fourth-order valence-electron chi connectivity index (χ4n) is 1.54. The highest BCUT2D eigenvalue weighted by molar-refractivity contribution is 5.62. The van der Waals surface area contributed by atoms with Gasteiger partial charge < -0.3 is 9.64 Å². The minimum Gasteiger partial charge on any atom is -0.497 e. The lowest BCUT2D eigenvalue weighted by Crippen LogP contribution is -2.20. The summed E-state index contributed by atoms with van der Waals surface area (Å²) in [6.45, 7) is 6.55. The first-order valence-electron chi connectivity index (χ1n) is 5.02. The van der Waals surface area contributed by atoms with Crippen LogP contribution in [0, 0.1) is 11.3 Å². The molecule has 0 fully saturated rings. The molecule has 0 saturated carbocycles. The Balaban J connectivity index is 3.09. The second-order valence-electron chi connectivity index (χ2n) is 3.81. The van der Waals surface area contributed by atoms with Crippen LogP contribution in [0.15, 0.2) is 30.4 Å². The van der Waals surface area contributed by atoms with Crippen molar-refractivity contribution in [1.29, 1.82) is 5.26 Å². The normalized spacial score (nSPS) is 9.38. The summed E-state index contributed by atoms with van der Waals surface area (Å²) in [5, 5.41) is 9.03. The molecule has 0 saturated heterocycles. The average molecular weight is 216 g/mol. The minimum absolute atomic E-state index is 0.643. The van der Waals surface area contributed by atoms with Gasteiger partial charge in [-0.1, -0.05) is 12.2 Å². The van der Waals surface area contributed by atoms with Gasteiger partial charge in [-0.15, -0.1) is 0 Å². The third-order valence-corrected chi connectivity index (χ3v) is 2.24. The number of anilines is 1. The largest absolute Gasteiger partial charge is 0.497 e. The maximum atomic E-state index is 9.03. The Labute approximate surface area is 96.6 Å². The summed E-state index contributed by atoms with van der Waals surface area (Å²) < 4.78 is 5.15.